The first kappa shape index (κ1) is 5.85. The average molecular weight is 150 g/mol. The number of halogens is 1. The van der Waals surface area contributed by atoms with Crippen LogP contribution in [0.15, 0.2) is 6.20 Å². The van der Waals surface area contributed by atoms with Crippen LogP contribution < -0.4 is 4.74 Å². The van der Waals surface area contributed by atoms with Crippen LogP contribution >= 0.6 is 22.9 Å². The number of nitrogens with zero attached hydrogens (tertiary/aromatic N) is 1. The quantitative estimate of drug-likeness (QED) is 0.608. The Morgan fingerprint density at radius 1 is 1.88 bits per heavy atom. The third-order valence-electron chi connectivity index (χ3n) is 0.657. The molecule has 0 fully saturated rings. The van der Waals surface area contributed by atoms with Gasteiger partial charge >= 0.3 is 0 Å². The molecule has 0 saturated carbocycles. The molecule has 1 aromatic heterocycles. The zero-order valence-corrected chi connectivity index (χ0v) is 5.79. The van der Waals surface area contributed by atoms with E-state index in [-0.39, 0.29) is 0 Å². The summed E-state index contributed by atoms with van der Waals surface area (Å²) in [5.41, 5.74) is 0. The molecule has 44 valence electrons. The van der Waals surface area contributed by atoms with Crippen molar-refractivity contribution >= 4 is 22.9 Å². The lowest BCUT2D eigenvalue weighted by Crippen LogP contribution is -1.73. The lowest BCUT2D eigenvalue weighted by Gasteiger charge is -1.85. The van der Waals surface area contributed by atoms with Crippen LogP contribution in [0, 0.1) is 0 Å². The Morgan fingerprint density at radius 2 is 2.62 bits per heavy atom. The van der Waals surface area contributed by atoms with E-state index in [1.165, 1.54) is 11.3 Å². The van der Waals surface area contributed by atoms with Gasteiger partial charge in [0.05, 0.1) is 13.3 Å². The monoisotopic (exact) mass is 149 g/mol. The van der Waals surface area contributed by atoms with Gasteiger partial charge in [0.15, 0.2) is 9.53 Å². The van der Waals surface area contributed by atoms with Gasteiger partial charge in [-0.25, -0.2) is 4.98 Å². The van der Waals surface area contributed by atoms with E-state index in [4.69, 9.17) is 16.3 Å². The minimum Gasteiger partial charge on any atom is -0.486 e. The topological polar surface area (TPSA) is 22.1 Å². The van der Waals surface area contributed by atoms with Crippen molar-refractivity contribution in [2.24, 2.45) is 0 Å². The van der Waals surface area contributed by atoms with Crippen molar-refractivity contribution in [1.29, 1.82) is 0 Å². The predicted octanol–water partition coefficient (Wildman–Crippen LogP) is 1.81. The Hall–Kier alpha value is -0.280. The second kappa shape index (κ2) is 2.33. The van der Waals surface area contributed by atoms with Gasteiger partial charge in [-0.15, -0.1) is 0 Å². The fourth-order valence-corrected chi connectivity index (χ4v) is 1.07. The molecule has 1 rings (SSSR count). The van der Waals surface area contributed by atoms with Crippen LogP contribution in [0.4, 0.5) is 0 Å². The van der Waals surface area contributed by atoms with Crippen LogP contribution in [0.2, 0.25) is 4.47 Å². The van der Waals surface area contributed by atoms with Crippen molar-refractivity contribution in [3.05, 3.63) is 10.7 Å². The van der Waals surface area contributed by atoms with Gasteiger partial charge in [0.2, 0.25) is 0 Å². The standard InChI is InChI=1S/C4H4ClNOS/c1-7-3-2-6-4(5)8-3/h2H,1H3. The second-order valence-electron chi connectivity index (χ2n) is 1.14. The van der Waals surface area contributed by atoms with Crippen molar-refractivity contribution < 1.29 is 4.74 Å². The van der Waals surface area contributed by atoms with Crippen LogP contribution in [0.5, 0.6) is 5.06 Å². The molecule has 1 heterocycles. The first-order chi connectivity index (χ1) is 3.83. The number of ether oxygens (including phenoxy) is 1. The SMILES string of the molecule is COc1cnc(Cl)s1. The van der Waals surface area contributed by atoms with Crippen LogP contribution in [-0.2, 0) is 0 Å². The molecular formula is C4H4ClNOS. The molecule has 0 bridgehead atoms. The van der Waals surface area contributed by atoms with Gasteiger partial charge in [0.1, 0.15) is 0 Å². The van der Waals surface area contributed by atoms with E-state index in [0.717, 1.165) is 5.06 Å². The summed E-state index contributed by atoms with van der Waals surface area (Å²) in [5, 5.41) is 0.745. The summed E-state index contributed by atoms with van der Waals surface area (Å²) in [6.07, 6.45) is 1.59. The summed E-state index contributed by atoms with van der Waals surface area (Å²) in [6, 6.07) is 0. The normalized spacial score (nSPS) is 9.25. The lowest BCUT2D eigenvalue weighted by atomic mass is 10.9. The molecular weight excluding hydrogens is 146 g/mol. The molecule has 0 radical (unpaired) electrons. The van der Waals surface area contributed by atoms with E-state index in [2.05, 4.69) is 4.98 Å². The molecule has 0 aliphatic rings. The number of rotatable bonds is 1. The highest BCUT2D eigenvalue weighted by Gasteiger charge is 1.94. The van der Waals surface area contributed by atoms with Crippen molar-refractivity contribution in [1.82, 2.24) is 4.98 Å². The van der Waals surface area contributed by atoms with Crippen LogP contribution in [0.1, 0.15) is 0 Å². The van der Waals surface area contributed by atoms with E-state index in [9.17, 15) is 0 Å². The van der Waals surface area contributed by atoms with Crippen LogP contribution in [0.3, 0.4) is 0 Å². The van der Waals surface area contributed by atoms with E-state index in [1.54, 1.807) is 13.3 Å². The Balaban J connectivity index is 2.84. The van der Waals surface area contributed by atoms with Gasteiger partial charge in [-0.3, -0.25) is 0 Å². The molecule has 0 saturated heterocycles. The Morgan fingerprint density at radius 3 is 2.88 bits per heavy atom. The second-order valence-corrected chi connectivity index (χ2v) is 2.71. The van der Waals surface area contributed by atoms with Crippen molar-refractivity contribution in [3.63, 3.8) is 0 Å². The number of hydrogen-bond donors (Lipinski definition) is 0. The van der Waals surface area contributed by atoms with E-state index in [0.29, 0.717) is 4.47 Å². The van der Waals surface area contributed by atoms with E-state index < -0.39 is 0 Å². The third kappa shape index (κ3) is 1.11. The molecule has 0 aliphatic carbocycles. The summed E-state index contributed by atoms with van der Waals surface area (Å²) < 4.78 is 5.32. The highest BCUT2D eigenvalue weighted by molar-refractivity contribution is 7.17. The van der Waals surface area contributed by atoms with E-state index in [1.807, 2.05) is 0 Å². The number of aromatic nitrogens is 1. The summed E-state index contributed by atoms with van der Waals surface area (Å²) in [5.74, 6) is 0. The maximum Gasteiger partial charge on any atom is 0.195 e. The number of methoxy groups -OCH3 is 1. The lowest BCUT2D eigenvalue weighted by molar-refractivity contribution is 0.426. The summed E-state index contributed by atoms with van der Waals surface area (Å²) in [6.45, 7) is 0. The molecule has 8 heavy (non-hydrogen) atoms. The fourth-order valence-electron chi connectivity index (χ4n) is 0.334. The Bertz CT molecular complexity index is 176. The smallest absolute Gasteiger partial charge is 0.195 e. The molecule has 2 nitrogen and oxygen atoms in total. The largest absolute Gasteiger partial charge is 0.486 e. The van der Waals surface area contributed by atoms with Crippen LogP contribution in [0.25, 0.3) is 0 Å². The average Bonchev–Trinajstić information content (AvgIpc) is 2.14. The van der Waals surface area contributed by atoms with Gasteiger partial charge in [-0.1, -0.05) is 22.9 Å². The Labute approximate surface area is 56.1 Å². The molecule has 0 amide bonds. The predicted molar refractivity (Wildman–Crippen MR) is 33.7 cm³/mol. The maximum atomic E-state index is 5.47. The molecule has 0 aliphatic heterocycles. The van der Waals surface area contributed by atoms with Gasteiger partial charge < -0.3 is 4.74 Å². The first-order valence-electron chi connectivity index (χ1n) is 1.98. The van der Waals surface area contributed by atoms with Gasteiger partial charge in [0.25, 0.3) is 0 Å². The molecule has 4 heteroatoms. The maximum absolute atomic E-state index is 5.47. The molecule has 0 aromatic carbocycles. The summed E-state index contributed by atoms with van der Waals surface area (Å²) in [7, 11) is 1.59. The summed E-state index contributed by atoms with van der Waals surface area (Å²) in [4.78, 5) is 3.75. The molecule has 0 unspecified atom stereocenters. The zero-order valence-electron chi connectivity index (χ0n) is 4.22. The third-order valence-corrected chi connectivity index (χ3v) is 1.73. The highest BCUT2D eigenvalue weighted by Crippen LogP contribution is 2.23. The number of hydrogen-bond acceptors (Lipinski definition) is 3. The molecule has 0 N–H and O–H groups in total. The van der Waals surface area contributed by atoms with Crippen LogP contribution in [-0.4, -0.2) is 12.1 Å². The van der Waals surface area contributed by atoms with Gasteiger partial charge in [-0.2, -0.15) is 0 Å². The van der Waals surface area contributed by atoms with Crippen molar-refractivity contribution in [2.75, 3.05) is 7.11 Å². The zero-order chi connectivity index (χ0) is 5.98. The number of thiazole rings is 1. The first-order valence-corrected chi connectivity index (χ1v) is 3.17. The summed E-state index contributed by atoms with van der Waals surface area (Å²) >= 11 is 6.79. The van der Waals surface area contributed by atoms with Crippen molar-refractivity contribution in [3.8, 4) is 5.06 Å². The van der Waals surface area contributed by atoms with Gasteiger partial charge in [0, 0.05) is 0 Å². The van der Waals surface area contributed by atoms with Crippen molar-refractivity contribution in [2.45, 2.75) is 0 Å². The molecule has 1 aromatic rings. The molecule has 0 spiro atoms. The molecule has 0 atom stereocenters. The van der Waals surface area contributed by atoms with Gasteiger partial charge in [-0.05, 0) is 0 Å². The minimum absolute atomic E-state index is 0.516. The minimum atomic E-state index is 0.516. The Kier molecular flexibility index (Phi) is 1.70. The van der Waals surface area contributed by atoms with E-state index >= 15 is 0 Å². The highest BCUT2D eigenvalue weighted by atomic mass is 35.5. The fraction of sp³-hybridized carbons (Fsp3) is 0.250.